The van der Waals surface area contributed by atoms with Crippen LogP contribution in [0.2, 0.25) is 0 Å². The van der Waals surface area contributed by atoms with Crippen LogP contribution in [0, 0.1) is 0 Å². The molecule has 2 aromatic carbocycles. The first kappa shape index (κ1) is 14.5. The second-order valence-electron chi connectivity index (χ2n) is 4.71. The molecule has 0 radical (unpaired) electrons. The fourth-order valence-corrected chi connectivity index (χ4v) is 3.24. The van der Waals surface area contributed by atoms with Gasteiger partial charge in [-0.1, -0.05) is 17.8 Å². The summed E-state index contributed by atoms with van der Waals surface area (Å²) in [7, 11) is 3.25. The quantitative estimate of drug-likeness (QED) is 0.738. The van der Waals surface area contributed by atoms with Crippen molar-refractivity contribution in [3.8, 4) is 11.5 Å². The number of nitrogens with zero attached hydrogens (tertiary/aromatic N) is 1. The molecule has 0 saturated carbocycles. The smallest absolute Gasteiger partial charge is 0.162 e. The monoisotopic (exact) mass is 312 g/mol. The molecular weight excluding hydrogens is 296 g/mol. The molecule has 4 nitrogen and oxygen atoms in total. The van der Waals surface area contributed by atoms with Crippen molar-refractivity contribution >= 4 is 28.4 Å². The zero-order valence-corrected chi connectivity index (χ0v) is 13.2. The van der Waals surface area contributed by atoms with Crippen LogP contribution in [0.15, 0.2) is 58.5 Å². The van der Waals surface area contributed by atoms with Crippen LogP contribution >= 0.6 is 11.8 Å². The summed E-state index contributed by atoms with van der Waals surface area (Å²) >= 11 is 1.65. The summed E-state index contributed by atoms with van der Waals surface area (Å²) < 4.78 is 10.7. The van der Waals surface area contributed by atoms with E-state index in [0.29, 0.717) is 11.5 Å². The SMILES string of the molecule is COc1cc2nccc(Sc3cccc(N)c3)c2cc1OC. The summed E-state index contributed by atoms with van der Waals surface area (Å²) in [5, 5.41) is 1.02. The Morgan fingerprint density at radius 2 is 1.77 bits per heavy atom. The summed E-state index contributed by atoms with van der Waals surface area (Å²) in [6.07, 6.45) is 1.79. The normalized spacial score (nSPS) is 10.6. The number of nitrogens with two attached hydrogens (primary N) is 1. The molecule has 0 aliphatic heterocycles. The predicted molar refractivity (Wildman–Crippen MR) is 89.8 cm³/mol. The molecule has 1 heterocycles. The van der Waals surface area contributed by atoms with Gasteiger partial charge in [0.2, 0.25) is 0 Å². The van der Waals surface area contributed by atoms with Crippen molar-refractivity contribution in [2.24, 2.45) is 0 Å². The molecule has 0 fully saturated rings. The fourth-order valence-electron chi connectivity index (χ4n) is 2.24. The number of ether oxygens (including phenoxy) is 2. The number of hydrogen-bond acceptors (Lipinski definition) is 5. The third-order valence-corrected chi connectivity index (χ3v) is 4.36. The van der Waals surface area contributed by atoms with Gasteiger partial charge in [-0.15, -0.1) is 0 Å². The Morgan fingerprint density at radius 3 is 2.50 bits per heavy atom. The van der Waals surface area contributed by atoms with Gasteiger partial charge in [0.15, 0.2) is 11.5 Å². The van der Waals surface area contributed by atoms with E-state index in [2.05, 4.69) is 4.98 Å². The van der Waals surface area contributed by atoms with Gasteiger partial charge in [-0.05, 0) is 30.3 Å². The minimum atomic E-state index is 0.675. The van der Waals surface area contributed by atoms with Crippen molar-refractivity contribution in [3.63, 3.8) is 0 Å². The van der Waals surface area contributed by atoms with Crippen molar-refractivity contribution in [3.05, 3.63) is 48.7 Å². The van der Waals surface area contributed by atoms with Crippen LogP contribution < -0.4 is 15.2 Å². The van der Waals surface area contributed by atoms with Crippen molar-refractivity contribution < 1.29 is 9.47 Å². The molecule has 3 aromatic rings. The summed E-state index contributed by atoms with van der Waals surface area (Å²) in [4.78, 5) is 6.59. The Labute approximate surface area is 133 Å². The minimum absolute atomic E-state index is 0.675. The lowest BCUT2D eigenvalue weighted by Crippen LogP contribution is -1.92. The van der Waals surface area contributed by atoms with Gasteiger partial charge in [0.1, 0.15) is 0 Å². The molecule has 5 heteroatoms. The van der Waals surface area contributed by atoms with Gasteiger partial charge in [0.25, 0.3) is 0 Å². The van der Waals surface area contributed by atoms with E-state index in [1.807, 2.05) is 42.5 Å². The van der Waals surface area contributed by atoms with Crippen molar-refractivity contribution in [1.82, 2.24) is 4.98 Å². The molecular formula is C17H16N2O2S. The average Bonchev–Trinajstić information content (AvgIpc) is 2.54. The van der Waals surface area contributed by atoms with Gasteiger partial charge in [-0.2, -0.15) is 0 Å². The Bertz CT molecular complexity index is 821. The van der Waals surface area contributed by atoms with E-state index < -0.39 is 0 Å². The highest BCUT2D eigenvalue weighted by Gasteiger charge is 2.10. The Balaban J connectivity index is 2.09. The number of nitrogen functional groups attached to an aromatic ring is 1. The van der Waals surface area contributed by atoms with E-state index in [4.69, 9.17) is 15.2 Å². The van der Waals surface area contributed by atoms with Crippen molar-refractivity contribution in [1.29, 1.82) is 0 Å². The number of pyridine rings is 1. The first-order valence-electron chi connectivity index (χ1n) is 6.75. The van der Waals surface area contributed by atoms with Crippen LogP contribution in [-0.4, -0.2) is 19.2 Å². The maximum absolute atomic E-state index is 5.85. The highest BCUT2D eigenvalue weighted by Crippen LogP contribution is 2.38. The molecule has 0 aliphatic carbocycles. The van der Waals surface area contributed by atoms with Gasteiger partial charge in [0.05, 0.1) is 19.7 Å². The van der Waals surface area contributed by atoms with E-state index >= 15 is 0 Å². The maximum Gasteiger partial charge on any atom is 0.162 e. The van der Waals surface area contributed by atoms with E-state index in [-0.39, 0.29) is 0 Å². The van der Waals surface area contributed by atoms with Gasteiger partial charge in [-0.25, -0.2) is 0 Å². The number of anilines is 1. The standard InChI is InChI=1S/C17H16N2O2S/c1-20-15-9-13-14(10-16(15)21-2)19-7-6-17(13)22-12-5-3-4-11(18)8-12/h3-10H,18H2,1-2H3. The molecule has 22 heavy (non-hydrogen) atoms. The molecule has 0 aliphatic rings. The largest absolute Gasteiger partial charge is 0.493 e. The third-order valence-electron chi connectivity index (χ3n) is 3.29. The summed E-state index contributed by atoms with van der Waals surface area (Å²) in [5.74, 6) is 1.37. The van der Waals surface area contributed by atoms with Crippen LogP contribution in [0.25, 0.3) is 10.9 Å². The molecule has 112 valence electrons. The number of methoxy groups -OCH3 is 2. The van der Waals surface area contributed by atoms with Gasteiger partial charge in [0, 0.05) is 33.1 Å². The van der Waals surface area contributed by atoms with Crippen molar-refractivity contribution in [2.45, 2.75) is 9.79 Å². The number of aromatic nitrogens is 1. The summed E-state index contributed by atoms with van der Waals surface area (Å²) in [5.41, 5.74) is 7.47. The Kier molecular flexibility index (Phi) is 4.06. The zero-order chi connectivity index (χ0) is 15.5. The lowest BCUT2D eigenvalue weighted by atomic mass is 10.2. The average molecular weight is 312 g/mol. The van der Waals surface area contributed by atoms with E-state index in [1.165, 1.54) is 0 Å². The third kappa shape index (κ3) is 2.80. The molecule has 0 unspecified atom stereocenters. The van der Waals surface area contributed by atoms with Gasteiger partial charge in [-0.3, -0.25) is 4.98 Å². The highest BCUT2D eigenvalue weighted by molar-refractivity contribution is 7.99. The first-order valence-corrected chi connectivity index (χ1v) is 7.57. The molecule has 0 atom stereocenters. The second kappa shape index (κ2) is 6.15. The summed E-state index contributed by atoms with van der Waals surface area (Å²) in [6, 6.07) is 13.6. The van der Waals surface area contributed by atoms with E-state index in [0.717, 1.165) is 26.4 Å². The van der Waals surface area contributed by atoms with Crippen LogP contribution in [0.5, 0.6) is 11.5 Å². The molecule has 0 saturated heterocycles. The lowest BCUT2D eigenvalue weighted by molar-refractivity contribution is 0.355. The molecule has 0 spiro atoms. The Hall–Kier alpha value is -2.40. The van der Waals surface area contributed by atoms with E-state index in [1.54, 1.807) is 32.2 Å². The highest BCUT2D eigenvalue weighted by atomic mass is 32.2. The number of rotatable bonds is 4. The van der Waals surface area contributed by atoms with Crippen LogP contribution in [-0.2, 0) is 0 Å². The number of fused-ring (bicyclic) bond motifs is 1. The van der Waals surface area contributed by atoms with Crippen LogP contribution in [0.1, 0.15) is 0 Å². The summed E-state index contributed by atoms with van der Waals surface area (Å²) in [6.45, 7) is 0. The van der Waals surface area contributed by atoms with Crippen LogP contribution in [0.4, 0.5) is 5.69 Å². The molecule has 0 amide bonds. The molecule has 1 aromatic heterocycles. The van der Waals surface area contributed by atoms with Crippen LogP contribution in [0.3, 0.4) is 0 Å². The number of hydrogen-bond donors (Lipinski definition) is 1. The Morgan fingerprint density at radius 1 is 1.00 bits per heavy atom. The second-order valence-corrected chi connectivity index (χ2v) is 5.82. The first-order chi connectivity index (χ1) is 10.7. The topological polar surface area (TPSA) is 57.4 Å². The molecule has 0 bridgehead atoms. The van der Waals surface area contributed by atoms with E-state index in [9.17, 15) is 0 Å². The zero-order valence-electron chi connectivity index (χ0n) is 12.4. The van der Waals surface area contributed by atoms with Gasteiger partial charge >= 0.3 is 0 Å². The number of benzene rings is 2. The maximum atomic E-state index is 5.85. The predicted octanol–water partition coefficient (Wildman–Crippen LogP) is 3.99. The fraction of sp³-hybridized carbons (Fsp3) is 0.118. The minimum Gasteiger partial charge on any atom is -0.493 e. The lowest BCUT2D eigenvalue weighted by Gasteiger charge is -2.11. The molecule has 3 rings (SSSR count). The van der Waals surface area contributed by atoms with Crippen molar-refractivity contribution in [2.75, 3.05) is 20.0 Å². The molecule has 2 N–H and O–H groups in total. The van der Waals surface area contributed by atoms with Gasteiger partial charge < -0.3 is 15.2 Å².